The molecule has 0 aliphatic carbocycles. The molecule has 130 valence electrons. The molecule has 0 saturated carbocycles. The third kappa shape index (κ3) is 4.14. The molecular formula is C17H17BrFN5O. The fourth-order valence-electron chi connectivity index (χ4n) is 2.50. The molecule has 2 aromatic heterocycles. The van der Waals surface area contributed by atoms with Gasteiger partial charge >= 0.3 is 0 Å². The summed E-state index contributed by atoms with van der Waals surface area (Å²) in [5.74, 6) is -0.474. The second kappa shape index (κ2) is 7.18. The minimum absolute atomic E-state index is 0.118. The van der Waals surface area contributed by atoms with E-state index in [1.54, 1.807) is 27.8 Å². The standard InChI is InChI=1S/C17H17BrFN5O/c1-11-17(18)12(2)24(22-11)10-16(25)21-15-7-20-23(9-15)8-13-4-3-5-14(19)6-13/h3-7,9H,8,10H2,1-2H3,(H,21,25). The molecule has 0 aliphatic heterocycles. The van der Waals surface area contributed by atoms with E-state index in [1.165, 1.54) is 12.1 Å². The van der Waals surface area contributed by atoms with Gasteiger partial charge in [0.25, 0.3) is 0 Å². The van der Waals surface area contributed by atoms with E-state index in [0.29, 0.717) is 12.2 Å². The van der Waals surface area contributed by atoms with Crippen molar-refractivity contribution >= 4 is 27.5 Å². The molecule has 0 spiro atoms. The lowest BCUT2D eigenvalue weighted by Crippen LogP contribution is -2.20. The fraction of sp³-hybridized carbons (Fsp3) is 0.235. The van der Waals surface area contributed by atoms with E-state index in [1.807, 2.05) is 19.9 Å². The Kier molecular flexibility index (Phi) is 4.98. The normalized spacial score (nSPS) is 10.9. The van der Waals surface area contributed by atoms with Gasteiger partial charge in [-0.3, -0.25) is 14.2 Å². The highest BCUT2D eigenvalue weighted by Gasteiger charge is 2.12. The summed E-state index contributed by atoms with van der Waals surface area (Å²) in [5, 5.41) is 11.3. The first-order valence-electron chi connectivity index (χ1n) is 7.68. The quantitative estimate of drug-likeness (QED) is 0.708. The lowest BCUT2D eigenvalue weighted by molar-refractivity contribution is -0.116. The summed E-state index contributed by atoms with van der Waals surface area (Å²) in [5.41, 5.74) is 3.12. The maximum atomic E-state index is 13.2. The number of nitrogens with one attached hydrogen (secondary N) is 1. The van der Waals surface area contributed by atoms with Crippen LogP contribution in [0, 0.1) is 19.7 Å². The lowest BCUT2D eigenvalue weighted by Gasteiger charge is -2.05. The number of carbonyl (C=O) groups excluding carboxylic acids is 1. The minimum Gasteiger partial charge on any atom is -0.322 e. The van der Waals surface area contributed by atoms with Crippen molar-refractivity contribution in [3.05, 3.63) is 63.9 Å². The summed E-state index contributed by atoms with van der Waals surface area (Å²) in [6, 6.07) is 6.34. The molecule has 0 saturated heterocycles. The van der Waals surface area contributed by atoms with Gasteiger partial charge in [0.2, 0.25) is 5.91 Å². The summed E-state index contributed by atoms with van der Waals surface area (Å²) in [6.45, 7) is 4.32. The Morgan fingerprint density at radius 2 is 2.16 bits per heavy atom. The number of halogens is 2. The molecule has 0 bridgehead atoms. The van der Waals surface area contributed by atoms with E-state index in [0.717, 1.165) is 21.4 Å². The molecule has 0 fully saturated rings. The van der Waals surface area contributed by atoms with Crippen molar-refractivity contribution in [2.24, 2.45) is 0 Å². The number of anilines is 1. The van der Waals surface area contributed by atoms with Crippen LogP contribution in [-0.2, 0) is 17.9 Å². The maximum Gasteiger partial charge on any atom is 0.246 e. The number of hydrogen-bond donors (Lipinski definition) is 1. The van der Waals surface area contributed by atoms with Crippen LogP contribution in [0.25, 0.3) is 0 Å². The summed E-state index contributed by atoms with van der Waals surface area (Å²) >= 11 is 3.44. The Labute approximate surface area is 152 Å². The first-order chi connectivity index (χ1) is 11.9. The Hall–Kier alpha value is -2.48. The number of aryl methyl sites for hydroxylation is 1. The van der Waals surface area contributed by atoms with Gasteiger partial charge in [0.1, 0.15) is 12.4 Å². The Morgan fingerprint density at radius 3 is 2.84 bits per heavy atom. The molecule has 0 atom stereocenters. The maximum absolute atomic E-state index is 13.2. The molecule has 0 aliphatic rings. The topological polar surface area (TPSA) is 64.7 Å². The van der Waals surface area contributed by atoms with Crippen LogP contribution >= 0.6 is 15.9 Å². The SMILES string of the molecule is Cc1nn(CC(=O)Nc2cnn(Cc3cccc(F)c3)c2)c(C)c1Br. The Balaban J connectivity index is 1.62. The average Bonchev–Trinajstić information content (AvgIpc) is 3.08. The molecule has 0 radical (unpaired) electrons. The summed E-state index contributed by atoms with van der Waals surface area (Å²) in [7, 11) is 0. The number of rotatable bonds is 5. The largest absolute Gasteiger partial charge is 0.322 e. The average molecular weight is 406 g/mol. The van der Waals surface area contributed by atoms with Crippen LogP contribution in [0.1, 0.15) is 17.0 Å². The van der Waals surface area contributed by atoms with Gasteiger partial charge in [-0.05, 0) is 47.5 Å². The Morgan fingerprint density at radius 1 is 1.36 bits per heavy atom. The van der Waals surface area contributed by atoms with Gasteiger partial charge < -0.3 is 5.32 Å². The van der Waals surface area contributed by atoms with Gasteiger partial charge in [0, 0.05) is 6.20 Å². The van der Waals surface area contributed by atoms with E-state index < -0.39 is 0 Å². The van der Waals surface area contributed by atoms with Crippen LogP contribution in [0.3, 0.4) is 0 Å². The van der Waals surface area contributed by atoms with Crippen LogP contribution in [0.4, 0.5) is 10.1 Å². The second-order valence-electron chi connectivity index (χ2n) is 5.75. The first-order valence-corrected chi connectivity index (χ1v) is 8.48. The van der Waals surface area contributed by atoms with Gasteiger partial charge in [-0.1, -0.05) is 12.1 Å². The van der Waals surface area contributed by atoms with Crippen molar-refractivity contribution in [1.82, 2.24) is 19.6 Å². The molecule has 8 heteroatoms. The van der Waals surface area contributed by atoms with Gasteiger partial charge in [-0.2, -0.15) is 10.2 Å². The van der Waals surface area contributed by atoms with Gasteiger partial charge in [0.15, 0.2) is 0 Å². The van der Waals surface area contributed by atoms with E-state index in [-0.39, 0.29) is 18.3 Å². The van der Waals surface area contributed by atoms with Crippen molar-refractivity contribution in [3.63, 3.8) is 0 Å². The summed E-state index contributed by atoms with van der Waals surface area (Å²) in [4.78, 5) is 12.2. The number of benzene rings is 1. The number of amides is 1. The van der Waals surface area contributed by atoms with Gasteiger partial charge in [-0.15, -0.1) is 0 Å². The predicted octanol–water partition coefficient (Wildman–Crippen LogP) is 3.29. The third-order valence-electron chi connectivity index (χ3n) is 3.74. The molecule has 2 heterocycles. The van der Waals surface area contributed by atoms with Crippen LogP contribution < -0.4 is 5.32 Å². The molecule has 0 unspecified atom stereocenters. The number of hydrogen-bond acceptors (Lipinski definition) is 3. The van der Waals surface area contributed by atoms with Crippen molar-refractivity contribution in [3.8, 4) is 0 Å². The minimum atomic E-state index is -0.283. The van der Waals surface area contributed by atoms with Crippen LogP contribution in [-0.4, -0.2) is 25.5 Å². The van der Waals surface area contributed by atoms with E-state index in [4.69, 9.17) is 0 Å². The highest BCUT2D eigenvalue weighted by Crippen LogP contribution is 2.19. The second-order valence-corrected chi connectivity index (χ2v) is 6.54. The summed E-state index contributed by atoms with van der Waals surface area (Å²) < 4.78 is 17.4. The van der Waals surface area contributed by atoms with Gasteiger partial charge in [-0.25, -0.2) is 4.39 Å². The molecular weight excluding hydrogens is 389 g/mol. The molecule has 25 heavy (non-hydrogen) atoms. The predicted molar refractivity (Wildman–Crippen MR) is 95.8 cm³/mol. The van der Waals surface area contributed by atoms with Crippen molar-refractivity contribution in [2.45, 2.75) is 26.9 Å². The number of nitrogens with zero attached hydrogens (tertiary/aromatic N) is 4. The summed E-state index contributed by atoms with van der Waals surface area (Å²) in [6.07, 6.45) is 3.27. The highest BCUT2D eigenvalue weighted by atomic mass is 79.9. The Bertz CT molecular complexity index is 918. The van der Waals surface area contributed by atoms with Gasteiger partial charge in [0.05, 0.1) is 34.3 Å². The molecule has 6 nitrogen and oxygen atoms in total. The number of carbonyl (C=O) groups is 1. The molecule has 1 amide bonds. The van der Waals surface area contributed by atoms with Crippen molar-refractivity contribution < 1.29 is 9.18 Å². The molecule has 1 aromatic carbocycles. The molecule has 3 rings (SSSR count). The third-order valence-corrected chi connectivity index (χ3v) is 4.88. The zero-order valence-electron chi connectivity index (χ0n) is 13.8. The van der Waals surface area contributed by atoms with Crippen molar-refractivity contribution in [1.29, 1.82) is 0 Å². The molecule has 3 aromatic rings. The number of aromatic nitrogens is 4. The zero-order chi connectivity index (χ0) is 18.0. The van der Waals surface area contributed by atoms with Crippen LogP contribution in [0.15, 0.2) is 41.1 Å². The van der Waals surface area contributed by atoms with E-state index >= 15 is 0 Å². The van der Waals surface area contributed by atoms with Crippen LogP contribution in [0.2, 0.25) is 0 Å². The molecule has 1 N–H and O–H groups in total. The fourth-order valence-corrected chi connectivity index (χ4v) is 2.79. The smallest absolute Gasteiger partial charge is 0.246 e. The zero-order valence-corrected chi connectivity index (χ0v) is 15.4. The monoisotopic (exact) mass is 405 g/mol. The first kappa shape index (κ1) is 17.3. The lowest BCUT2D eigenvalue weighted by atomic mass is 10.2. The van der Waals surface area contributed by atoms with Crippen LogP contribution in [0.5, 0.6) is 0 Å². The van der Waals surface area contributed by atoms with E-state index in [2.05, 4.69) is 31.4 Å². The highest BCUT2D eigenvalue weighted by molar-refractivity contribution is 9.10. The van der Waals surface area contributed by atoms with E-state index in [9.17, 15) is 9.18 Å². The van der Waals surface area contributed by atoms with Crippen molar-refractivity contribution in [2.75, 3.05) is 5.32 Å².